The van der Waals surface area contributed by atoms with Gasteiger partial charge in [-0.15, -0.1) is 0 Å². The van der Waals surface area contributed by atoms with Crippen LogP contribution >= 0.6 is 15.4 Å². The third kappa shape index (κ3) is 1.06. The molecular weight excluding hydrogens is 266 g/mol. The predicted molar refractivity (Wildman–Crippen MR) is 59.1 cm³/mol. The van der Waals surface area contributed by atoms with E-state index < -0.39 is 15.4 Å². The molecule has 10 heteroatoms. The Bertz CT molecular complexity index is 328. The molecule has 2 aliphatic heterocycles. The Hall–Kier alpha value is 0.420. The third-order valence-corrected chi connectivity index (χ3v) is 13.2. The third-order valence-electron chi connectivity index (χ3n) is 3.57. The number of nitrogens with zero attached hydrogens (tertiary/aromatic N) is 4. The summed E-state index contributed by atoms with van der Waals surface area (Å²) in [5, 5.41) is 0. The molecule has 2 aliphatic rings. The van der Waals surface area contributed by atoms with Crippen LogP contribution in [0, 0.1) is 0 Å². The fraction of sp³-hybridized carbons (Fsp3) is 1.00. The summed E-state index contributed by atoms with van der Waals surface area (Å²) in [6.45, 7) is 1.05. The van der Waals surface area contributed by atoms with Crippen molar-refractivity contribution in [2.75, 3.05) is 41.3 Å². The van der Waals surface area contributed by atoms with Gasteiger partial charge in [0.15, 0.2) is 0 Å². The van der Waals surface area contributed by atoms with Crippen molar-refractivity contribution in [3.05, 3.63) is 0 Å². The summed E-state index contributed by atoms with van der Waals surface area (Å²) < 4.78 is 57.6. The summed E-state index contributed by atoms with van der Waals surface area (Å²) in [7, 11) is -6.34. The Morgan fingerprint density at radius 3 is 1.44 bits per heavy atom. The van der Waals surface area contributed by atoms with Crippen LogP contribution in [0.5, 0.6) is 0 Å². The van der Waals surface area contributed by atoms with Crippen LogP contribution in [-0.4, -0.2) is 59.5 Å². The van der Waals surface area contributed by atoms with Crippen LogP contribution < -0.4 is 0 Å². The molecular formula is C6H16F4N4P2. The fourth-order valence-corrected chi connectivity index (χ4v) is 12.6. The summed E-state index contributed by atoms with van der Waals surface area (Å²) in [5.41, 5.74) is 0. The molecule has 0 aromatic rings. The molecule has 16 heavy (non-hydrogen) atoms. The molecule has 0 radical (unpaired) electrons. The van der Waals surface area contributed by atoms with Crippen molar-refractivity contribution in [1.82, 2.24) is 18.2 Å². The van der Waals surface area contributed by atoms with Crippen molar-refractivity contribution in [3.63, 3.8) is 0 Å². The molecule has 1 spiro atoms. The molecule has 0 N–H and O–H groups in total. The zero-order valence-electron chi connectivity index (χ0n) is 9.61. The second-order valence-corrected chi connectivity index (χ2v) is 12.0. The van der Waals surface area contributed by atoms with Gasteiger partial charge in [-0.3, -0.25) is 0 Å². The van der Waals surface area contributed by atoms with Gasteiger partial charge in [0.05, 0.1) is 0 Å². The number of rotatable bonds is 0. The van der Waals surface area contributed by atoms with Crippen LogP contribution in [0.15, 0.2) is 0 Å². The summed E-state index contributed by atoms with van der Waals surface area (Å²) >= 11 is 0. The Kier molecular flexibility index (Phi) is 2.06. The van der Waals surface area contributed by atoms with Gasteiger partial charge in [-0.25, -0.2) is 0 Å². The van der Waals surface area contributed by atoms with Crippen LogP contribution in [0.1, 0.15) is 0 Å². The number of hydrogen-bond donors (Lipinski definition) is 0. The van der Waals surface area contributed by atoms with E-state index in [2.05, 4.69) is 0 Å². The topological polar surface area (TPSA) is 13.0 Å². The standard InChI is InChI=1S/C6H16F4N4P2/c1-11-5-6-12(2)15(11)13(3)16(7,8,9,10)14(15)4/h5-6H2,1-4H3. The quantitative estimate of drug-likeness (QED) is 0.500. The molecule has 98 valence electrons. The van der Waals surface area contributed by atoms with E-state index in [9.17, 15) is 16.8 Å². The monoisotopic (exact) mass is 282 g/mol. The zero-order chi connectivity index (χ0) is 12.6. The van der Waals surface area contributed by atoms with Crippen molar-refractivity contribution in [1.29, 1.82) is 0 Å². The molecule has 2 fully saturated rings. The molecule has 0 atom stereocenters. The maximum absolute atomic E-state index is 13.6. The molecule has 0 amide bonds. The van der Waals surface area contributed by atoms with E-state index in [1.807, 2.05) is 0 Å². The SMILES string of the molecule is CN1CCN(C)[P+]12N(C)[P-](F)(F)(F)(F)N2C. The predicted octanol–water partition coefficient (Wildman–Crippen LogP) is 2.88. The second-order valence-electron chi connectivity index (χ2n) is 4.36. The van der Waals surface area contributed by atoms with Gasteiger partial charge in [0.2, 0.25) is 0 Å². The molecule has 0 saturated carbocycles. The zero-order valence-corrected chi connectivity index (χ0v) is 11.4. The number of halogens is 4. The molecule has 4 nitrogen and oxygen atoms in total. The summed E-state index contributed by atoms with van der Waals surface area (Å²) in [6.07, 6.45) is 0. The molecule has 0 aromatic heterocycles. The van der Waals surface area contributed by atoms with E-state index in [1.165, 1.54) is 0 Å². The van der Waals surface area contributed by atoms with Crippen LogP contribution in [0.2, 0.25) is 0 Å². The van der Waals surface area contributed by atoms with Gasteiger partial charge in [0, 0.05) is 0 Å². The van der Waals surface area contributed by atoms with Crippen molar-refractivity contribution in [2.24, 2.45) is 0 Å². The van der Waals surface area contributed by atoms with Crippen LogP contribution in [-0.2, 0) is 0 Å². The summed E-state index contributed by atoms with van der Waals surface area (Å²) in [6, 6.07) is 0. The van der Waals surface area contributed by atoms with E-state index in [1.54, 1.807) is 23.4 Å². The van der Waals surface area contributed by atoms with Crippen LogP contribution in [0.3, 0.4) is 0 Å². The van der Waals surface area contributed by atoms with Gasteiger partial charge in [-0.2, -0.15) is 0 Å². The molecule has 2 saturated heterocycles. The maximum atomic E-state index is 13.6. The first kappa shape index (κ1) is 12.9. The van der Waals surface area contributed by atoms with Gasteiger partial charge < -0.3 is 0 Å². The van der Waals surface area contributed by atoms with Crippen molar-refractivity contribution >= 4 is 15.4 Å². The van der Waals surface area contributed by atoms with E-state index in [0.29, 0.717) is 13.1 Å². The number of hydrogen-bond acceptors (Lipinski definition) is 4. The first-order valence-electron chi connectivity index (χ1n) is 4.80. The Morgan fingerprint density at radius 1 is 0.812 bits per heavy atom. The van der Waals surface area contributed by atoms with E-state index >= 15 is 0 Å². The van der Waals surface area contributed by atoms with Gasteiger partial charge in [-0.05, 0) is 0 Å². The van der Waals surface area contributed by atoms with Gasteiger partial charge in [0.1, 0.15) is 0 Å². The average molecular weight is 282 g/mol. The minimum absolute atomic E-state index is 0.0602. The van der Waals surface area contributed by atoms with E-state index in [0.717, 1.165) is 14.1 Å². The van der Waals surface area contributed by atoms with Crippen LogP contribution in [0.4, 0.5) is 16.8 Å². The normalized spacial score (nSPS) is 42.0. The molecule has 0 aliphatic carbocycles. The summed E-state index contributed by atoms with van der Waals surface area (Å²) in [4.78, 5) is 0. The molecule has 0 aromatic carbocycles. The number of likely N-dealkylation sites (N-methyl/N-ethyl adjacent to an activating group) is 2. The minimum atomic E-state index is -8.39. The first-order chi connectivity index (χ1) is 6.88. The molecule has 2 heterocycles. The Balaban J connectivity index is 2.52. The van der Waals surface area contributed by atoms with Crippen molar-refractivity contribution < 1.29 is 16.8 Å². The molecule has 0 bridgehead atoms. The van der Waals surface area contributed by atoms with Crippen LogP contribution in [0.25, 0.3) is 0 Å². The van der Waals surface area contributed by atoms with Crippen molar-refractivity contribution in [2.45, 2.75) is 0 Å². The molecule has 2 rings (SSSR count). The Morgan fingerprint density at radius 2 is 1.12 bits per heavy atom. The van der Waals surface area contributed by atoms with Gasteiger partial charge >= 0.3 is 91.6 Å². The Labute approximate surface area is 92.4 Å². The molecule has 0 unspecified atom stereocenters. The van der Waals surface area contributed by atoms with Gasteiger partial charge in [0.25, 0.3) is 0 Å². The van der Waals surface area contributed by atoms with E-state index in [-0.39, 0.29) is 8.88 Å². The van der Waals surface area contributed by atoms with E-state index in [4.69, 9.17) is 0 Å². The first-order valence-corrected chi connectivity index (χ1v) is 8.55. The fourth-order valence-electron chi connectivity index (χ4n) is 2.52. The summed E-state index contributed by atoms with van der Waals surface area (Å²) in [5.74, 6) is 0. The van der Waals surface area contributed by atoms with Crippen molar-refractivity contribution in [3.8, 4) is 0 Å². The van der Waals surface area contributed by atoms with Gasteiger partial charge in [-0.1, -0.05) is 0 Å². The second kappa shape index (κ2) is 2.56. The average Bonchev–Trinajstić information content (AvgIpc) is 2.41.